The average Bonchev–Trinajstić information content (AvgIpc) is 3.35. The van der Waals surface area contributed by atoms with Crippen LogP contribution >= 0.6 is 0 Å². The van der Waals surface area contributed by atoms with E-state index in [1.807, 2.05) is 12.1 Å². The average molecular weight is 376 g/mol. The second kappa shape index (κ2) is 7.78. The van der Waals surface area contributed by atoms with Gasteiger partial charge in [-0.3, -0.25) is 9.69 Å². The van der Waals surface area contributed by atoms with E-state index in [-0.39, 0.29) is 29.9 Å². The molecule has 1 aromatic heterocycles. The number of morpholine rings is 1. The lowest BCUT2D eigenvalue weighted by Gasteiger charge is -2.25. The maximum Gasteiger partial charge on any atom is 0.224 e. The van der Waals surface area contributed by atoms with Gasteiger partial charge in [-0.1, -0.05) is 12.1 Å². The van der Waals surface area contributed by atoms with Gasteiger partial charge in [0.1, 0.15) is 11.5 Å². The van der Waals surface area contributed by atoms with Crippen molar-refractivity contribution in [3.63, 3.8) is 0 Å². The van der Waals surface area contributed by atoms with E-state index in [0.717, 1.165) is 44.7 Å². The van der Waals surface area contributed by atoms with E-state index in [1.165, 1.54) is 6.07 Å². The first kappa shape index (κ1) is 18.1. The molecule has 2 heterocycles. The summed E-state index contributed by atoms with van der Waals surface area (Å²) in [6.45, 7) is 4.24. The van der Waals surface area contributed by atoms with Crippen LogP contribution in [0, 0.1) is 17.6 Å². The molecule has 0 radical (unpaired) electrons. The zero-order valence-corrected chi connectivity index (χ0v) is 14.9. The fraction of sp³-hybridized carbons (Fsp3) is 0.450. The van der Waals surface area contributed by atoms with E-state index in [1.54, 1.807) is 6.07 Å². The molecule has 1 aliphatic carbocycles. The molecule has 27 heavy (non-hydrogen) atoms. The van der Waals surface area contributed by atoms with Crippen LogP contribution in [0.3, 0.4) is 0 Å². The number of hydrogen-bond donors (Lipinski definition) is 1. The first-order valence-corrected chi connectivity index (χ1v) is 9.21. The van der Waals surface area contributed by atoms with Crippen LogP contribution in [-0.2, 0) is 22.6 Å². The normalized spacial score (nSPS) is 22.6. The molecule has 1 saturated heterocycles. The Labute approximate surface area is 156 Å². The summed E-state index contributed by atoms with van der Waals surface area (Å²) >= 11 is 0. The molecule has 1 aromatic carbocycles. The largest absolute Gasteiger partial charge is 0.463 e. The molecule has 7 heteroatoms. The number of carbonyl (C=O) groups excluding carboxylic acids is 1. The zero-order valence-electron chi connectivity index (χ0n) is 14.9. The quantitative estimate of drug-likeness (QED) is 0.842. The highest BCUT2D eigenvalue weighted by molar-refractivity contribution is 5.82. The number of nitrogens with one attached hydrogen (secondary N) is 1. The Kier molecular flexibility index (Phi) is 5.22. The van der Waals surface area contributed by atoms with Crippen LogP contribution in [0.4, 0.5) is 8.78 Å². The van der Waals surface area contributed by atoms with Crippen molar-refractivity contribution in [1.82, 2.24) is 10.2 Å². The number of benzene rings is 1. The summed E-state index contributed by atoms with van der Waals surface area (Å²) in [6.07, 6.45) is 0.534. The van der Waals surface area contributed by atoms with Crippen LogP contribution in [0.15, 0.2) is 34.7 Å². The van der Waals surface area contributed by atoms with Gasteiger partial charge in [-0.2, -0.15) is 0 Å². The van der Waals surface area contributed by atoms with Gasteiger partial charge in [0.15, 0.2) is 11.6 Å². The molecule has 2 aliphatic rings. The molecule has 144 valence electrons. The van der Waals surface area contributed by atoms with Crippen molar-refractivity contribution in [3.8, 4) is 0 Å². The number of nitrogens with zero attached hydrogens (tertiary/aromatic N) is 1. The summed E-state index contributed by atoms with van der Waals surface area (Å²) in [4.78, 5) is 14.5. The van der Waals surface area contributed by atoms with Crippen LogP contribution in [0.1, 0.15) is 29.4 Å². The Morgan fingerprint density at radius 3 is 2.74 bits per heavy atom. The lowest BCUT2D eigenvalue weighted by Crippen LogP contribution is -2.35. The van der Waals surface area contributed by atoms with Gasteiger partial charge in [0.2, 0.25) is 5.91 Å². The fourth-order valence-corrected chi connectivity index (χ4v) is 3.52. The lowest BCUT2D eigenvalue weighted by atomic mass is 10.1. The van der Waals surface area contributed by atoms with Crippen LogP contribution in [0.25, 0.3) is 0 Å². The fourth-order valence-electron chi connectivity index (χ4n) is 3.52. The Hall–Kier alpha value is -2.25. The number of halogens is 2. The van der Waals surface area contributed by atoms with Gasteiger partial charge < -0.3 is 14.5 Å². The smallest absolute Gasteiger partial charge is 0.224 e. The van der Waals surface area contributed by atoms with Crippen molar-refractivity contribution < 1.29 is 22.7 Å². The van der Waals surface area contributed by atoms with Gasteiger partial charge >= 0.3 is 0 Å². The lowest BCUT2D eigenvalue weighted by molar-refractivity contribution is -0.122. The molecular weight excluding hydrogens is 354 g/mol. The summed E-state index contributed by atoms with van der Waals surface area (Å²) in [7, 11) is 0. The molecule has 2 aromatic rings. The Balaban J connectivity index is 1.27. The predicted octanol–water partition coefficient (Wildman–Crippen LogP) is 2.81. The molecule has 5 nitrogen and oxygen atoms in total. The molecule has 4 rings (SSSR count). The number of ether oxygens (including phenoxy) is 1. The van der Waals surface area contributed by atoms with Crippen molar-refractivity contribution in [2.75, 3.05) is 26.3 Å². The molecule has 1 aliphatic heterocycles. The van der Waals surface area contributed by atoms with E-state index in [2.05, 4.69) is 10.2 Å². The maximum absolute atomic E-state index is 13.8. The Bertz CT molecular complexity index is 817. The number of amides is 1. The summed E-state index contributed by atoms with van der Waals surface area (Å²) in [5, 5.41) is 2.83. The minimum atomic E-state index is -0.873. The highest BCUT2D eigenvalue weighted by Gasteiger charge is 2.45. The maximum atomic E-state index is 13.8. The van der Waals surface area contributed by atoms with Gasteiger partial charge in [-0.25, -0.2) is 8.78 Å². The van der Waals surface area contributed by atoms with Crippen molar-refractivity contribution in [2.24, 2.45) is 5.92 Å². The minimum Gasteiger partial charge on any atom is -0.463 e. The van der Waals surface area contributed by atoms with Gasteiger partial charge in [0.05, 0.1) is 26.3 Å². The summed E-state index contributed by atoms with van der Waals surface area (Å²) in [6, 6.07) is 7.87. The summed E-state index contributed by atoms with van der Waals surface area (Å²) in [5.41, 5.74) is 0.279. The highest BCUT2D eigenvalue weighted by atomic mass is 19.2. The van der Waals surface area contributed by atoms with Gasteiger partial charge in [-0.15, -0.1) is 0 Å². The molecule has 2 fully saturated rings. The minimum absolute atomic E-state index is 0.158. The van der Waals surface area contributed by atoms with Crippen molar-refractivity contribution in [1.29, 1.82) is 0 Å². The van der Waals surface area contributed by atoms with Crippen LogP contribution in [0.5, 0.6) is 0 Å². The van der Waals surface area contributed by atoms with E-state index in [0.29, 0.717) is 12.2 Å². The molecule has 0 unspecified atom stereocenters. The van der Waals surface area contributed by atoms with E-state index in [4.69, 9.17) is 9.15 Å². The zero-order chi connectivity index (χ0) is 18.8. The number of furan rings is 1. The van der Waals surface area contributed by atoms with Crippen molar-refractivity contribution in [3.05, 3.63) is 59.1 Å². The number of carbonyl (C=O) groups is 1. The Morgan fingerprint density at radius 2 is 1.93 bits per heavy atom. The third-order valence-electron chi connectivity index (χ3n) is 5.15. The van der Waals surface area contributed by atoms with Crippen molar-refractivity contribution >= 4 is 5.91 Å². The van der Waals surface area contributed by atoms with Gasteiger partial charge in [0, 0.05) is 19.0 Å². The first-order valence-electron chi connectivity index (χ1n) is 9.21. The van der Waals surface area contributed by atoms with Crippen LogP contribution in [0.2, 0.25) is 0 Å². The van der Waals surface area contributed by atoms with Crippen LogP contribution < -0.4 is 5.32 Å². The molecule has 0 bridgehead atoms. The van der Waals surface area contributed by atoms with Crippen molar-refractivity contribution in [2.45, 2.75) is 25.4 Å². The van der Waals surface area contributed by atoms with Gasteiger partial charge in [0.25, 0.3) is 0 Å². The van der Waals surface area contributed by atoms with E-state index < -0.39 is 11.6 Å². The SMILES string of the molecule is O=C(NCc1ccc(CN2CCOCC2)o1)[C@H]1C[C@@H]1c1cccc(F)c1F. The molecule has 1 amide bonds. The molecule has 2 atom stereocenters. The monoisotopic (exact) mass is 376 g/mol. The first-order chi connectivity index (χ1) is 13.1. The Morgan fingerprint density at radius 1 is 1.15 bits per heavy atom. The highest BCUT2D eigenvalue weighted by Crippen LogP contribution is 2.48. The number of hydrogen-bond acceptors (Lipinski definition) is 4. The van der Waals surface area contributed by atoms with E-state index in [9.17, 15) is 13.6 Å². The summed E-state index contributed by atoms with van der Waals surface area (Å²) < 4.78 is 38.3. The molecule has 1 N–H and O–H groups in total. The summed E-state index contributed by atoms with van der Waals surface area (Å²) in [5.74, 6) is -0.917. The van der Waals surface area contributed by atoms with E-state index >= 15 is 0 Å². The second-order valence-electron chi connectivity index (χ2n) is 7.07. The van der Waals surface area contributed by atoms with Crippen LogP contribution in [-0.4, -0.2) is 37.1 Å². The molecule has 1 saturated carbocycles. The predicted molar refractivity (Wildman–Crippen MR) is 93.9 cm³/mol. The molecular formula is C20H22F2N2O3. The topological polar surface area (TPSA) is 54.7 Å². The third kappa shape index (κ3) is 4.20. The molecule has 0 spiro atoms. The second-order valence-corrected chi connectivity index (χ2v) is 7.07. The number of rotatable bonds is 6. The standard InChI is InChI=1S/C20H22F2N2O3/c21-18-3-1-2-15(19(18)22)16-10-17(16)20(25)23-11-13-4-5-14(27-13)12-24-6-8-26-9-7-24/h1-5,16-17H,6-12H2,(H,23,25)/t16-,17+/m1/s1. The third-order valence-corrected chi connectivity index (χ3v) is 5.15. The van der Waals surface area contributed by atoms with Gasteiger partial charge in [-0.05, 0) is 36.1 Å².